The minimum atomic E-state index is -1.16. The van der Waals surface area contributed by atoms with E-state index in [0.29, 0.717) is 18.9 Å². The lowest BCUT2D eigenvalue weighted by molar-refractivity contribution is -0.146. The van der Waals surface area contributed by atoms with Crippen molar-refractivity contribution >= 4 is 17.7 Å². The van der Waals surface area contributed by atoms with Crippen LogP contribution in [-0.4, -0.2) is 72.2 Å². The predicted octanol–water partition coefficient (Wildman–Crippen LogP) is 1.39. The number of hydrogen-bond acceptors (Lipinski definition) is 6. The van der Waals surface area contributed by atoms with Crippen LogP contribution in [0.25, 0.3) is 0 Å². The fourth-order valence-corrected chi connectivity index (χ4v) is 4.95. The normalized spacial score (nSPS) is 25.4. The highest BCUT2D eigenvalue weighted by Crippen LogP contribution is 2.48. The number of likely N-dealkylation sites (N-methyl/N-ethyl adjacent to an activating group) is 1. The van der Waals surface area contributed by atoms with Crippen molar-refractivity contribution in [2.45, 2.75) is 63.9 Å². The molecule has 9 heteroatoms. The topological polar surface area (TPSA) is 120 Å². The molecule has 0 radical (unpaired) electrons. The van der Waals surface area contributed by atoms with Gasteiger partial charge in [-0.2, -0.15) is 0 Å². The smallest absolute Gasteiger partial charge is 0.246 e. The van der Waals surface area contributed by atoms with Gasteiger partial charge in [0.15, 0.2) is 0 Å². The standard InChI is InChI=1S/C29H38N4O5/c1-19(34)24-27(36)32-22(17-20-9-5-4-6-10-20)26(35)31-18-21-11-7-8-12-23(21)38-16-15-30-25(28(37)33(24)3)29(2)13-14-29/h4-12,19,22,24-25,30,34H,13-18H2,1-3H3,(H,31,35)(H,32,36)/t19?,22-,24+,25-/m1/s1. The van der Waals surface area contributed by atoms with E-state index in [1.165, 1.54) is 18.9 Å². The molecule has 2 aromatic carbocycles. The van der Waals surface area contributed by atoms with E-state index in [9.17, 15) is 19.5 Å². The summed E-state index contributed by atoms with van der Waals surface area (Å²) >= 11 is 0. The van der Waals surface area contributed by atoms with Crippen molar-refractivity contribution in [2.24, 2.45) is 5.41 Å². The number of ether oxygens (including phenoxy) is 1. The Morgan fingerprint density at radius 2 is 1.74 bits per heavy atom. The van der Waals surface area contributed by atoms with E-state index in [2.05, 4.69) is 16.0 Å². The number of carbonyl (C=O) groups is 3. The molecule has 1 heterocycles. The largest absolute Gasteiger partial charge is 0.492 e. The molecule has 4 N–H and O–H groups in total. The van der Waals surface area contributed by atoms with Gasteiger partial charge in [-0.15, -0.1) is 0 Å². The monoisotopic (exact) mass is 522 g/mol. The molecule has 1 unspecified atom stereocenters. The number of fused-ring (bicyclic) bond motifs is 1. The Balaban J connectivity index is 1.66. The summed E-state index contributed by atoms with van der Waals surface area (Å²) in [6.07, 6.45) is 0.881. The first kappa shape index (κ1) is 27.6. The Morgan fingerprint density at radius 3 is 2.42 bits per heavy atom. The van der Waals surface area contributed by atoms with E-state index in [1.807, 2.05) is 61.5 Å². The van der Waals surface area contributed by atoms with E-state index in [4.69, 9.17) is 4.74 Å². The van der Waals surface area contributed by atoms with Crippen molar-refractivity contribution in [2.75, 3.05) is 20.2 Å². The minimum Gasteiger partial charge on any atom is -0.492 e. The van der Waals surface area contributed by atoms with Crippen molar-refractivity contribution in [3.05, 3.63) is 65.7 Å². The minimum absolute atomic E-state index is 0.225. The number of aliphatic hydroxyl groups is 1. The summed E-state index contributed by atoms with van der Waals surface area (Å²) in [6.45, 7) is 4.49. The molecule has 1 saturated carbocycles. The van der Waals surface area contributed by atoms with Gasteiger partial charge in [0.25, 0.3) is 0 Å². The molecule has 2 aliphatic rings. The SMILES string of the molecule is CC(O)[C@H]1C(=O)N[C@H](Cc2ccccc2)C(=O)NCc2ccccc2OCCN[C@@H](C2(C)CC2)C(=O)N1C. The van der Waals surface area contributed by atoms with Crippen molar-refractivity contribution < 1.29 is 24.2 Å². The van der Waals surface area contributed by atoms with Crippen LogP contribution >= 0.6 is 0 Å². The Morgan fingerprint density at radius 1 is 1.05 bits per heavy atom. The van der Waals surface area contributed by atoms with Crippen LogP contribution in [-0.2, 0) is 27.3 Å². The maximum atomic E-state index is 13.7. The number of amides is 3. The molecule has 204 valence electrons. The number of aliphatic hydroxyl groups excluding tert-OH is 1. The van der Waals surface area contributed by atoms with Gasteiger partial charge < -0.3 is 30.7 Å². The van der Waals surface area contributed by atoms with Crippen LogP contribution in [0, 0.1) is 5.41 Å². The van der Waals surface area contributed by atoms with Crippen molar-refractivity contribution in [1.29, 1.82) is 0 Å². The number of benzene rings is 2. The highest BCUT2D eigenvalue weighted by molar-refractivity contribution is 5.93. The summed E-state index contributed by atoms with van der Waals surface area (Å²) in [7, 11) is 1.53. The van der Waals surface area contributed by atoms with Crippen molar-refractivity contribution in [3.8, 4) is 5.75 Å². The van der Waals surface area contributed by atoms with Crippen LogP contribution in [0.2, 0.25) is 0 Å². The van der Waals surface area contributed by atoms with Crippen LogP contribution in [0.5, 0.6) is 5.75 Å². The highest BCUT2D eigenvalue weighted by atomic mass is 16.5. The van der Waals surface area contributed by atoms with Gasteiger partial charge in [-0.3, -0.25) is 14.4 Å². The summed E-state index contributed by atoms with van der Waals surface area (Å²) < 4.78 is 6.02. The fraction of sp³-hybridized carbons (Fsp3) is 0.483. The summed E-state index contributed by atoms with van der Waals surface area (Å²) in [5.74, 6) is -0.574. The molecular formula is C29H38N4O5. The van der Waals surface area contributed by atoms with E-state index in [0.717, 1.165) is 24.0 Å². The molecule has 1 fully saturated rings. The number of para-hydroxylation sites is 1. The molecular weight excluding hydrogens is 484 g/mol. The number of hydrogen-bond donors (Lipinski definition) is 4. The zero-order valence-corrected chi connectivity index (χ0v) is 22.3. The Kier molecular flexibility index (Phi) is 8.69. The van der Waals surface area contributed by atoms with Crippen molar-refractivity contribution in [3.63, 3.8) is 0 Å². The maximum absolute atomic E-state index is 13.7. The molecule has 1 aliphatic carbocycles. The predicted molar refractivity (Wildman–Crippen MR) is 143 cm³/mol. The van der Waals surface area contributed by atoms with Crippen LogP contribution in [0.15, 0.2) is 54.6 Å². The van der Waals surface area contributed by atoms with Gasteiger partial charge in [0, 0.05) is 32.1 Å². The number of nitrogens with one attached hydrogen (secondary N) is 3. The lowest BCUT2D eigenvalue weighted by atomic mass is 9.96. The fourth-order valence-electron chi connectivity index (χ4n) is 4.95. The molecule has 3 amide bonds. The van der Waals surface area contributed by atoms with Crippen LogP contribution in [0.3, 0.4) is 0 Å². The summed E-state index contributed by atoms with van der Waals surface area (Å²) in [5.41, 5.74) is 1.44. The van der Waals surface area contributed by atoms with Gasteiger partial charge in [0.1, 0.15) is 24.4 Å². The molecule has 0 spiro atoms. The van der Waals surface area contributed by atoms with Gasteiger partial charge in [-0.05, 0) is 36.8 Å². The van der Waals surface area contributed by atoms with E-state index >= 15 is 0 Å². The Labute approximate surface area is 223 Å². The van der Waals surface area contributed by atoms with Gasteiger partial charge >= 0.3 is 0 Å². The van der Waals surface area contributed by atoms with Crippen LogP contribution in [0.4, 0.5) is 0 Å². The second kappa shape index (κ2) is 12.0. The summed E-state index contributed by atoms with van der Waals surface area (Å²) in [4.78, 5) is 41.9. The van der Waals surface area contributed by atoms with Gasteiger partial charge in [0.2, 0.25) is 17.7 Å². The van der Waals surface area contributed by atoms with Crippen LogP contribution < -0.4 is 20.7 Å². The molecule has 4 rings (SSSR count). The van der Waals surface area contributed by atoms with Crippen molar-refractivity contribution in [1.82, 2.24) is 20.9 Å². The van der Waals surface area contributed by atoms with Gasteiger partial charge in [-0.25, -0.2) is 0 Å². The lowest BCUT2D eigenvalue weighted by Gasteiger charge is -2.35. The van der Waals surface area contributed by atoms with Gasteiger partial charge in [0.05, 0.1) is 12.1 Å². The molecule has 0 bridgehead atoms. The third-order valence-electron chi connectivity index (χ3n) is 7.52. The first-order valence-corrected chi connectivity index (χ1v) is 13.2. The quantitative estimate of drug-likeness (QED) is 0.482. The Hall–Kier alpha value is -3.43. The second-order valence-electron chi connectivity index (χ2n) is 10.6. The number of carbonyl (C=O) groups excluding carboxylic acids is 3. The molecule has 0 saturated heterocycles. The average Bonchev–Trinajstić information content (AvgIpc) is 3.64. The first-order chi connectivity index (χ1) is 18.2. The van der Waals surface area contributed by atoms with E-state index in [1.54, 1.807) is 0 Å². The summed E-state index contributed by atoms with van der Waals surface area (Å²) in [5, 5.41) is 19.7. The number of nitrogens with zero attached hydrogens (tertiary/aromatic N) is 1. The average molecular weight is 523 g/mol. The summed E-state index contributed by atoms with van der Waals surface area (Å²) in [6, 6.07) is 14.3. The van der Waals surface area contributed by atoms with Crippen LogP contribution in [0.1, 0.15) is 37.8 Å². The molecule has 9 nitrogen and oxygen atoms in total. The zero-order valence-electron chi connectivity index (χ0n) is 22.3. The molecule has 0 aromatic heterocycles. The van der Waals surface area contributed by atoms with E-state index < -0.39 is 30.1 Å². The second-order valence-corrected chi connectivity index (χ2v) is 10.6. The molecule has 38 heavy (non-hydrogen) atoms. The molecule has 1 aliphatic heterocycles. The third kappa shape index (κ3) is 6.52. The lowest BCUT2D eigenvalue weighted by Crippen LogP contribution is -2.61. The highest BCUT2D eigenvalue weighted by Gasteiger charge is 2.50. The Bertz CT molecular complexity index is 1130. The number of rotatable bonds is 4. The zero-order chi connectivity index (χ0) is 27.3. The molecule has 2 aromatic rings. The van der Waals surface area contributed by atoms with Gasteiger partial charge in [-0.1, -0.05) is 55.5 Å². The first-order valence-electron chi connectivity index (χ1n) is 13.2. The third-order valence-corrected chi connectivity index (χ3v) is 7.52. The maximum Gasteiger partial charge on any atom is 0.246 e. The van der Waals surface area contributed by atoms with E-state index in [-0.39, 0.29) is 30.2 Å². The molecule has 4 atom stereocenters.